The van der Waals surface area contributed by atoms with Crippen molar-refractivity contribution < 1.29 is 9.90 Å². The highest BCUT2D eigenvalue weighted by atomic mass is 35.5. The van der Waals surface area contributed by atoms with Crippen molar-refractivity contribution in [2.75, 3.05) is 20.6 Å². The molecule has 0 atom stereocenters. The Morgan fingerprint density at radius 3 is 2.65 bits per heavy atom. The summed E-state index contributed by atoms with van der Waals surface area (Å²) < 4.78 is 1.57. The van der Waals surface area contributed by atoms with Gasteiger partial charge in [-0.1, -0.05) is 24.9 Å². The molecule has 17 heavy (non-hydrogen) atoms. The zero-order valence-electron chi connectivity index (χ0n) is 10.4. The minimum absolute atomic E-state index is 0.146. The monoisotopic (exact) mass is 259 g/mol. The number of carboxylic acids is 1. The maximum absolute atomic E-state index is 11.1. The van der Waals surface area contributed by atoms with Gasteiger partial charge >= 0.3 is 5.97 Å². The van der Waals surface area contributed by atoms with Crippen LogP contribution in [0.5, 0.6) is 0 Å². The normalized spacial score (nSPS) is 11.1. The predicted octanol–water partition coefficient (Wildman–Crippen LogP) is 1.75. The first-order valence-corrected chi connectivity index (χ1v) is 5.98. The summed E-state index contributed by atoms with van der Waals surface area (Å²) in [4.78, 5) is 13.1. The SMILES string of the molecule is CCCc1nn(CCN(C)C)c(Cl)c1C(=O)O. The molecular weight excluding hydrogens is 242 g/mol. The third-order valence-corrected chi connectivity index (χ3v) is 2.81. The molecule has 0 amide bonds. The lowest BCUT2D eigenvalue weighted by Gasteiger charge is -2.09. The number of hydrogen-bond donors (Lipinski definition) is 1. The van der Waals surface area contributed by atoms with Gasteiger partial charge in [-0.15, -0.1) is 0 Å². The van der Waals surface area contributed by atoms with Crippen molar-refractivity contribution in [3.63, 3.8) is 0 Å². The molecule has 1 N–H and O–H groups in total. The number of carbonyl (C=O) groups is 1. The van der Waals surface area contributed by atoms with Gasteiger partial charge in [0.2, 0.25) is 0 Å². The van der Waals surface area contributed by atoms with Crippen LogP contribution in [0.4, 0.5) is 0 Å². The fraction of sp³-hybridized carbons (Fsp3) is 0.636. The smallest absolute Gasteiger partial charge is 0.340 e. The van der Waals surface area contributed by atoms with Crippen LogP contribution in [0.25, 0.3) is 0 Å². The maximum atomic E-state index is 11.1. The summed E-state index contributed by atoms with van der Waals surface area (Å²) in [5.74, 6) is -1.01. The molecule has 0 aliphatic carbocycles. The molecule has 0 spiro atoms. The van der Waals surface area contributed by atoms with Crippen molar-refractivity contribution >= 4 is 17.6 Å². The number of carboxylic acid groups (broad SMARTS) is 1. The van der Waals surface area contributed by atoms with Crippen LogP contribution >= 0.6 is 11.6 Å². The van der Waals surface area contributed by atoms with Gasteiger partial charge in [-0.05, 0) is 20.5 Å². The van der Waals surface area contributed by atoms with E-state index in [1.54, 1.807) is 4.68 Å². The van der Waals surface area contributed by atoms with Gasteiger partial charge in [0.15, 0.2) is 0 Å². The van der Waals surface area contributed by atoms with E-state index in [0.717, 1.165) is 13.0 Å². The van der Waals surface area contributed by atoms with Crippen LogP contribution in [0.2, 0.25) is 5.15 Å². The molecule has 0 unspecified atom stereocenters. The zero-order valence-corrected chi connectivity index (χ0v) is 11.2. The summed E-state index contributed by atoms with van der Waals surface area (Å²) in [5, 5.41) is 13.6. The van der Waals surface area contributed by atoms with Crippen LogP contribution in [-0.2, 0) is 13.0 Å². The number of aromatic nitrogens is 2. The molecule has 0 bridgehead atoms. The Labute approximate surface area is 106 Å². The fourth-order valence-corrected chi connectivity index (χ4v) is 1.87. The molecule has 0 aliphatic heterocycles. The van der Waals surface area contributed by atoms with Crippen LogP contribution in [0.3, 0.4) is 0 Å². The lowest BCUT2D eigenvalue weighted by Crippen LogP contribution is -2.19. The number of aryl methyl sites for hydroxylation is 1. The first kappa shape index (κ1) is 14.0. The minimum Gasteiger partial charge on any atom is -0.478 e. The molecule has 0 saturated heterocycles. The highest BCUT2D eigenvalue weighted by molar-refractivity contribution is 6.32. The fourth-order valence-electron chi connectivity index (χ4n) is 1.55. The van der Waals surface area contributed by atoms with Crippen LogP contribution in [-0.4, -0.2) is 46.4 Å². The van der Waals surface area contributed by atoms with E-state index < -0.39 is 5.97 Å². The van der Waals surface area contributed by atoms with Gasteiger partial charge in [-0.25, -0.2) is 4.79 Å². The third-order valence-electron chi connectivity index (χ3n) is 2.42. The number of halogens is 1. The van der Waals surface area contributed by atoms with E-state index >= 15 is 0 Å². The largest absolute Gasteiger partial charge is 0.478 e. The van der Waals surface area contributed by atoms with E-state index in [9.17, 15) is 4.79 Å². The second-order valence-electron chi connectivity index (χ2n) is 4.19. The number of aromatic carboxylic acids is 1. The van der Waals surface area contributed by atoms with Gasteiger partial charge in [0.25, 0.3) is 0 Å². The Kier molecular flexibility index (Phi) is 4.96. The molecule has 1 aromatic rings. The van der Waals surface area contributed by atoms with Crippen molar-refractivity contribution in [1.29, 1.82) is 0 Å². The summed E-state index contributed by atoms with van der Waals surface area (Å²) >= 11 is 6.04. The average molecular weight is 260 g/mol. The summed E-state index contributed by atoms with van der Waals surface area (Å²) in [6.45, 7) is 3.35. The van der Waals surface area contributed by atoms with E-state index in [1.807, 2.05) is 25.9 Å². The van der Waals surface area contributed by atoms with Crippen LogP contribution in [0.1, 0.15) is 29.4 Å². The maximum Gasteiger partial charge on any atom is 0.340 e. The quantitative estimate of drug-likeness (QED) is 0.846. The number of nitrogens with zero attached hydrogens (tertiary/aromatic N) is 3. The lowest BCUT2D eigenvalue weighted by molar-refractivity contribution is 0.0696. The predicted molar refractivity (Wildman–Crippen MR) is 66.7 cm³/mol. The first-order valence-electron chi connectivity index (χ1n) is 5.60. The molecule has 0 fully saturated rings. The average Bonchev–Trinajstić information content (AvgIpc) is 2.52. The van der Waals surface area contributed by atoms with Crippen molar-refractivity contribution in [1.82, 2.24) is 14.7 Å². The van der Waals surface area contributed by atoms with Gasteiger partial charge in [0.1, 0.15) is 10.7 Å². The van der Waals surface area contributed by atoms with E-state index in [4.69, 9.17) is 16.7 Å². The van der Waals surface area contributed by atoms with Crippen LogP contribution < -0.4 is 0 Å². The van der Waals surface area contributed by atoms with E-state index in [2.05, 4.69) is 5.10 Å². The second kappa shape index (κ2) is 6.02. The molecule has 0 aromatic carbocycles. The van der Waals surface area contributed by atoms with Gasteiger partial charge < -0.3 is 10.0 Å². The Morgan fingerprint density at radius 1 is 1.53 bits per heavy atom. The molecule has 5 nitrogen and oxygen atoms in total. The van der Waals surface area contributed by atoms with Crippen molar-refractivity contribution in [2.45, 2.75) is 26.3 Å². The highest BCUT2D eigenvalue weighted by Crippen LogP contribution is 2.21. The highest BCUT2D eigenvalue weighted by Gasteiger charge is 2.21. The molecule has 0 aliphatic rings. The summed E-state index contributed by atoms with van der Waals surface area (Å²) in [7, 11) is 3.89. The summed E-state index contributed by atoms with van der Waals surface area (Å²) in [6, 6.07) is 0. The van der Waals surface area contributed by atoms with Crippen molar-refractivity contribution in [3.8, 4) is 0 Å². The molecule has 1 rings (SSSR count). The van der Waals surface area contributed by atoms with Gasteiger partial charge in [-0.3, -0.25) is 4.68 Å². The summed E-state index contributed by atoms with van der Waals surface area (Å²) in [6.07, 6.45) is 1.48. The molecule has 1 heterocycles. The van der Waals surface area contributed by atoms with E-state index in [-0.39, 0.29) is 10.7 Å². The Morgan fingerprint density at radius 2 is 2.18 bits per heavy atom. The van der Waals surface area contributed by atoms with E-state index in [1.165, 1.54) is 0 Å². The topological polar surface area (TPSA) is 58.4 Å². The molecule has 6 heteroatoms. The number of rotatable bonds is 6. The molecule has 96 valence electrons. The van der Waals surface area contributed by atoms with Gasteiger partial charge in [0, 0.05) is 6.54 Å². The zero-order chi connectivity index (χ0) is 13.0. The number of hydrogen-bond acceptors (Lipinski definition) is 3. The molecular formula is C11H18ClN3O2. The van der Waals surface area contributed by atoms with Crippen molar-refractivity contribution in [2.24, 2.45) is 0 Å². The van der Waals surface area contributed by atoms with Gasteiger partial charge in [0.05, 0.1) is 12.2 Å². The molecule has 0 saturated carbocycles. The Bertz CT molecular complexity index is 402. The first-order chi connectivity index (χ1) is 7.97. The summed E-state index contributed by atoms with van der Waals surface area (Å²) in [5.41, 5.74) is 0.719. The minimum atomic E-state index is -1.01. The third kappa shape index (κ3) is 3.44. The Hall–Kier alpha value is -1.07. The van der Waals surface area contributed by atoms with Gasteiger partial charge in [-0.2, -0.15) is 5.10 Å². The lowest BCUT2D eigenvalue weighted by atomic mass is 10.2. The van der Waals surface area contributed by atoms with Crippen LogP contribution in [0, 0.1) is 0 Å². The van der Waals surface area contributed by atoms with E-state index in [0.29, 0.717) is 18.7 Å². The molecule has 1 aromatic heterocycles. The second-order valence-corrected chi connectivity index (χ2v) is 4.55. The Balaban J connectivity index is 2.99. The van der Waals surface area contributed by atoms with Crippen molar-refractivity contribution in [3.05, 3.63) is 16.4 Å². The number of likely N-dealkylation sites (N-methyl/N-ethyl adjacent to an activating group) is 1. The van der Waals surface area contributed by atoms with Crippen LogP contribution in [0.15, 0.2) is 0 Å². The molecule has 0 radical (unpaired) electrons. The standard InChI is InChI=1S/C11H18ClN3O2/c1-4-5-8-9(11(16)17)10(12)15(13-8)7-6-14(2)3/h4-7H2,1-3H3,(H,16,17).